The average Bonchev–Trinajstić information content (AvgIpc) is 2.91. The molecule has 0 unspecified atom stereocenters. The second kappa shape index (κ2) is 13.9. The van der Waals surface area contributed by atoms with E-state index in [1.807, 2.05) is 20.8 Å². The summed E-state index contributed by atoms with van der Waals surface area (Å²) in [5.41, 5.74) is 0.859. The maximum atomic E-state index is 13.9. The highest BCUT2D eigenvalue weighted by Gasteiger charge is 2.33. The van der Waals surface area contributed by atoms with Crippen LogP contribution in [-0.2, 0) is 26.2 Å². The molecule has 1 atom stereocenters. The normalized spacial score (nSPS) is 12.1. The molecule has 3 aromatic carbocycles. The van der Waals surface area contributed by atoms with Crippen LogP contribution in [0.4, 0.5) is 5.69 Å². The van der Waals surface area contributed by atoms with Crippen molar-refractivity contribution in [1.82, 2.24) is 10.2 Å². The first-order valence-electron chi connectivity index (χ1n) is 12.8. The SMILES string of the molecule is CCOc1ccc(S(=O)(=O)N(CC(=O)N(Cc2ccc(Cl)cc2Cl)[C@H](C)C(=O)NC(C)C)c2ccccc2)cc1. The molecule has 0 radical (unpaired) electrons. The Labute approximate surface area is 245 Å². The van der Waals surface area contributed by atoms with Gasteiger partial charge in [-0.3, -0.25) is 13.9 Å². The minimum absolute atomic E-state index is 0.00880. The summed E-state index contributed by atoms with van der Waals surface area (Å²) in [6, 6.07) is 18.1. The third-order valence-electron chi connectivity index (χ3n) is 6.00. The highest BCUT2D eigenvalue weighted by Crippen LogP contribution is 2.27. The molecule has 0 aliphatic heterocycles. The molecule has 0 fully saturated rings. The summed E-state index contributed by atoms with van der Waals surface area (Å²) in [6.07, 6.45) is 0. The lowest BCUT2D eigenvalue weighted by Crippen LogP contribution is -2.52. The number of carbonyl (C=O) groups is 2. The van der Waals surface area contributed by atoms with Crippen LogP contribution in [-0.4, -0.2) is 50.4 Å². The Hall–Kier alpha value is -3.27. The number of hydrogen-bond acceptors (Lipinski definition) is 5. The second-order valence-electron chi connectivity index (χ2n) is 9.35. The maximum Gasteiger partial charge on any atom is 0.264 e. The van der Waals surface area contributed by atoms with Crippen LogP contribution in [0.2, 0.25) is 10.0 Å². The first-order chi connectivity index (χ1) is 18.9. The van der Waals surface area contributed by atoms with E-state index in [0.29, 0.717) is 33.7 Å². The number of rotatable bonds is 12. The number of hydrogen-bond donors (Lipinski definition) is 1. The Bertz CT molecular complexity index is 1420. The molecule has 2 amide bonds. The van der Waals surface area contributed by atoms with Crippen molar-refractivity contribution in [2.24, 2.45) is 0 Å². The third kappa shape index (κ3) is 7.90. The van der Waals surface area contributed by atoms with E-state index in [-0.39, 0.29) is 23.4 Å². The average molecular weight is 607 g/mol. The van der Waals surface area contributed by atoms with Crippen molar-refractivity contribution in [2.45, 2.75) is 51.2 Å². The molecule has 0 heterocycles. The van der Waals surface area contributed by atoms with Crippen LogP contribution in [0.3, 0.4) is 0 Å². The molecule has 0 spiro atoms. The monoisotopic (exact) mass is 605 g/mol. The Morgan fingerprint density at radius 1 is 0.950 bits per heavy atom. The molecule has 1 N–H and O–H groups in total. The number of sulfonamides is 1. The number of amides is 2. The Morgan fingerprint density at radius 2 is 1.60 bits per heavy atom. The fourth-order valence-electron chi connectivity index (χ4n) is 3.95. The zero-order chi connectivity index (χ0) is 29.4. The second-order valence-corrected chi connectivity index (χ2v) is 12.1. The van der Waals surface area contributed by atoms with Crippen molar-refractivity contribution < 1.29 is 22.7 Å². The minimum atomic E-state index is -4.18. The zero-order valence-electron chi connectivity index (χ0n) is 22.8. The van der Waals surface area contributed by atoms with Crippen LogP contribution in [0.1, 0.15) is 33.3 Å². The lowest BCUT2D eigenvalue weighted by Gasteiger charge is -2.32. The first-order valence-corrected chi connectivity index (χ1v) is 15.0. The van der Waals surface area contributed by atoms with Gasteiger partial charge in [-0.25, -0.2) is 8.42 Å². The number of halogens is 2. The number of nitrogens with zero attached hydrogens (tertiary/aromatic N) is 2. The van der Waals surface area contributed by atoms with Gasteiger partial charge in [0.25, 0.3) is 10.0 Å². The van der Waals surface area contributed by atoms with E-state index < -0.39 is 28.5 Å². The predicted molar refractivity (Wildman–Crippen MR) is 158 cm³/mol. The number of carbonyl (C=O) groups excluding carboxylic acids is 2. The Balaban J connectivity index is 2.01. The van der Waals surface area contributed by atoms with Crippen LogP contribution in [0, 0.1) is 0 Å². The summed E-state index contributed by atoms with van der Waals surface area (Å²) < 4.78 is 34.2. The van der Waals surface area contributed by atoms with E-state index in [4.69, 9.17) is 27.9 Å². The largest absolute Gasteiger partial charge is 0.494 e. The molecule has 8 nitrogen and oxygen atoms in total. The first kappa shape index (κ1) is 31.3. The fraction of sp³-hybridized carbons (Fsp3) is 0.310. The third-order valence-corrected chi connectivity index (χ3v) is 8.37. The van der Waals surface area contributed by atoms with Gasteiger partial charge in [-0.1, -0.05) is 47.5 Å². The van der Waals surface area contributed by atoms with E-state index in [2.05, 4.69) is 5.32 Å². The highest BCUT2D eigenvalue weighted by atomic mass is 35.5. The minimum Gasteiger partial charge on any atom is -0.494 e. The van der Waals surface area contributed by atoms with Gasteiger partial charge >= 0.3 is 0 Å². The quantitative estimate of drug-likeness (QED) is 0.293. The van der Waals surface area contributed by atoms with E-state index in [9.17, 15) is 18.0 Å². The number of benzene rings is 3. The predicted octanol–water partition coefficient (Wildman–Crippen LogP) is 5.53. The molecule has 0 aliphatic rings. The molecular weight excluding hydrogens is 573 g/mol. The van der Waals surface area contributed by atoms with Gasteiger partial charge in [0, 0.05) is 22.6 Å². The van der Waals surface area contributed by atoms with Gasteiger partial charge in [0.1, 0.15) is 18.3 Å². The molecule has 0 aliphatic carbocycles. The molecule has 3 rings (SSSR count). The highest BCUT2D eigenvalue weighted by molar-refractivity contribution is 7.92. The van der Waals surface area contributed by atoms with Gasteiger partial charge in [-0.15, -0.1) is 0 Å². The Kier molecular flexibility index (Phi) is 10.8. The molecule has 11 heteroatoms. The molecule has 40 heavy (non-hydrogen) atoms. The molecule has 0 saturated heterocycles. The molecule has 0 saturated carbocycles. The lowest BCUT2D eigenvalue weighted by molar-refractivity contribution is -0.139. The number of para-hydroxylation sites is 1. The lowest BCUT2D eigenvalue weighted by atomic mass is 10.1. The van der Waals surface area contributed by atoms with E-state index in [1.165, 1.54) is 17.0 Å². The summed E-state index contributed by atoms with van der Waals surface area (Å²) in [6.45, 7) is 6.90. The van der Waals surface area contributed by atoms with Crippen molar-refractivity contribution in [3.8, 4) is 5.75 Å². The van der Waals surface area contributed by atoms with Gasteiger partial charge in [0.2, 0.25) is 11.8 Å². The van der Waals surface area contributed by atoms with E-state index in [0.717, 1.165) is 4.31 Å². The molecule has 0 aromatic heterocycles. The number of ether oxygens (including phenoxy) is 1. The summed E-state index contributed by atoms with van der Waals surface area (Å²) in [4.78, 5) is 28.2. The van der Waals surface area contributed by atoms with Gasteiger partial charge in [0.15, 0.2) is 0 Å². The molecular formula is C29H33Cl2N3O5S. The van der Waals surface area contributed by atoms with Crippen molar-refractivity contribution in [3.63, 3.8) is 0 Å². The molecule has 214 valence electrons. The summed E-state index contributed by atoms with van der Waals surface area (Å²) >= 11 is 12.4. The van der Waals surface area contributed by atoms with E-state index >= 15 is 0 Å². The van der Waals surface area contributed by atoms with Crippen molar-refractivity contribution in [3.05, 3.63) is 88.4 Å². The van der Waals surface area contributed by atoms with Crippen molar-refractivity contribution in [2.75, 3.05) is 17.5 Å². The van der Waals surface area contributed by atoms with Crippen molar-refractivity contribution >= 4 is 50.7 Å². The summed E-state index contributed by atoms with van der Waals surface area (Å²) in [5.74, 6) is -0.440. The van der Waals surface area contributed by atoms with Crippen molar-refractivity contribution in [1.29, 1.82) is 0 Å². The van der Waals surface area contributed by atoms with Crippen LogP contribution in [0.5, 0.6) is 5.75 Å². The molecule has 0 bridgehead atoms. The summed E-state index contributed by atoms with van der Waals surface area (Å²) in [5, 5.41) is 3.56. The summed E-state index contributed by atoms with van der Waals surface area (Å²) in [7, 11) is -4.18. The zero-order valence-corrected chi connectivity index (χ0v) is 25.1. The van der Waals surface area contributed by atoms with Crippen LogP contribution < -0.4 is 14.4 Å². The van der Waals surface area contributed by atoms with Crippen LogP contribution in [0.15, 0.2) is 77.7 Å². The fourth-order valence-corrected chi connectivity index (χ4v) is 5.83. The standard InChI is InChI=1S/C29H33Cl2N3O5S/c1-5-39-25-13-15-26(16-14-25)40(37,38)34(24-9-7-6-8-10-24)19-28(35)33(21(4)29(36)32-20(2)3)18-22-11-12-23(30)17-27(22)31/h6-17,20-21H,5,18-19H2,1-4H3,(H,32,36)/t21-/m1/s1. The van der Waals surface area contributed by atoms with Gasteiger partial charge in [-0.2, -0.15) is 0 Å². The van der Waals surface area contributed by atoms with Crippen LogP contribution >= 0.6 is 23.2 Å². The number of anilines is 1. The maximum absolute atomic E-state index is 13.9. The van der Waals surface area contributed by atoms with Gasteiger partial charge < -0.3 is 15.0 Å². The topological polar surface area (TPSA) is 96.0 Å². The van der Waals surface area contributed by atoms with Gasteiger partial charge in [0.05, 0.1) is 17.2 Å². The Morgan fingerprint density at radius 3 is 2.17 bits per heavy atom. The van der Waals surface area contributed by atoms with Crippen LogP contribution in [0.25, 0.3) is 0 Å². The number of nitrogens with one attached hydrogen (secondary N) is 1. The molecule has 3 aromatic rings. The smallest absolute Gasteiger partial charge is 0.264 e. The van der Waals surface area contributed by atoms with Gasteiger partial charge in [-0.05, 0) is 81.8 Å². The van der Waals surface area contributed by atoms with E-state index in [1.54, 1.807) is 67.6 Å².